The predicted molar refractivity (Wildman–Crippen MR) is 96.9 cm³/mol. The van der Waals surface area contributed by atoms with Gasteiger partial charge in [-0.2, -0.15) is 5.26 Å². The molecule has 27 heavy (non-hydrogen) atoms. The Bertz CT molecular complexity index is 996. The van der Waals surface area contributed by atoms with Crippen molar-refractivity contribution >= 4 is 11.5 Å². The molecule has 9 heteroatoms. The molecular weight excluding hydrogens is 352 g/mol. The second kappa shape index (κ2) is 7.97. The van der Waals surface area contributed by atoms with Gasteiger partial charge in [0.1, 0.15) is 11.6 Å². The summed E-state index contributed by atoms with van der Waals surface area (Å²) in [5.74, 6) is -0.370. The number of ether oxygens (including phenoxy) is 1. The predicted octanol–water partition coefficient (Wildman–Crippen LogP) is 2.14. The lowest BCUT2D eigenvalue weighted by molar-refractivity contribution is -0.385. The Morgan fingerprint density at radius 1 is 1.41 bits per heavy atom. The number of aromatic nitrogens is 2. The van der Waals surface area contributed by atoms with Gasteiger partial charge < -0.3 is 9.30 Å². The fourth-order valence-electron chi connectivity index (χ4n) is 3.21. The lowest BCUT2D eigenvalue weighted by Crippen LogP contribution is -2.26. The SMILES string of the molecule is COC[C@H](C)n1c(C)cc(C(=O)Cn2cc([N+](=O)[O-])cc(C#N)c2=O)c1C. The van der Waals surface area contributed by atoms with E-state index in [1.807, 2.05) is 18.4 Å². The number of carbonyl (C=O) groups excluding carboxylic acids is 1. The number of aryl methyl sites for hydroxylation is 1. The summed E-state index contributed by atoms with van der Waals surface area (Å²) in [6, 6.07) is 4.27. The average Bonchev–Trinajstić information content (AvgIpc) is 2.91. The van der Waals surface area contributed by atoms with Crippen molar-refractivity contribution < 1.29 is 14.5 Å². The van der Waals surface area contributed by atoms with Crippen molar-refractivity contribution in [3.63, 3.8) is 0 Å². The zero-order valence-electron chi connectivity index (χ0n) is 15.6. The summed E-state index contributed by atoms with van der Waals surface area (Å²) in [5.41, 5.74) is 0.477. The lowest BCUT2D eigenvalue weighted by atomic mass is 10.1. The highest BCUT2D eigenvalue weighted by Crippen LogP contribution is 2.21. The highest BCUT2D eigenvalue weighted by molar-refractivity contribution is 5.97. The molecule has 0 saturated carbocycles. The van der Waals surface area contributed by atoms with Gasteiger partial charge in [-0.05, 0) is 26.8 Å². The zero-order valence-corrected chi connectivity index (χ0v) is 15.6. The van der Waals surface area contributed by atoms with Crippen LogP contribution in [0.1, 0.15) is 40.3 Å². The van der Waals surface area contributed by atoms with Crippen LogP contribution < -0.4 is 5.56 Å². The van der Waals surface area contributed by atoms with Gasteiger partial charge in [0.15, 0.2) is 5.78 Å². The van der Waals surface area contributed by atoms with Gasteiger partial charge in [-0.25, -0.2) is 0 Å². The van der Waals surface area contributed by atoms with Crippen molar-refractivity contribution in [1.82, 2.24) is 9.13 Å². The van der Waals surface area contributed by atoms with Crippen LogP contribution in [0.15, 0.2) is 23.1 Å². The maximum absolute atomic E-state index is 12.8. The molecule has 2 aromatic rings. The van der Waals surface area contributed by atoms with E-state index in [1.54, 1.807) is 26.2 Å². The summed E-state index contributed by atoms with van der Waals surface area (Å²) >= 11 is 0. The van der Waals surface area contributed by atoms with Gasteiger partial charge in [-0.3, -0.25) is 24.3 Å². The molecule has 9 nitrogen and oxygen atoms in total. The van der Waals surface area contributed by atoms with Crippen molar-refractivity contribution in [2.24, 2.45) is 0 Å². The zero-order chi connectivity index (χ0) is 20.3. The first-order chi connectivity index (χ1) is 12.7. The number of hydrogen-bond acceptors (Lipinski definition) is 6. The lowest BCUT2D eigenvalue weighted by Gasteiger charge is -2.17. The molecule has 0 fully saturated rings. The Hall–Kier alpha value is -3.25. The van der Waals surface area contributed by atoms with E-state index in [4.69, 9.17) is 10.00 Å². The fourth-order valence-corrected chi connectivity index (χ4v) is 3.21. The van der Waals surface area contributed by atoms with E-state index in [0.29, 0.717) is 12.2 Å². The Labute approximate surface area is 155 Å². The van der Waals surface area contributed by atoms with Gasteiger partial charge >= 0.3 is 0 Å². The first-order valence-corrected chi connectivity index (χ1v) is 8.20. The first kappa shape index (κ1) is 20.1. The van der Waals surface area contributed by atoms with Crippen LogP contribution in [0.25, 0.3) is 0 Å². The van der Waals surface area contributed by atoms with Crippen molar-refractivity contribution in [3.05, 3.63) is 61.3 Å². The van der Waals surface area contributed by atoms with E-state index < -0.39 is 22.7 Å². The normalized spacial score (nSPS) is 11.8. The van der Waals surface area contributed by atoms with E-state index in [-0.39, 0.29) is 17.4 Å². The molecule has 1 atom stereocenters. The molecule has 0 saturated heterocycles. The van der Waals surface area contributed by atoms with E-state index in [1.165, 1.54) is 0 Å². The smallest absolute Gasteiger partial charge is 0.287 e. The minimum Gasteiger partial charge on any atom is -0.383 e. The van der Waals surface area contributed by atoms with E-state index >= 15 is 0 Å². The standard InChI is InChI=1S/C18H20N4O5/c1-11-5-16(13(3)21(11)12(2)10-27-4)17(23)9-20-8-15(22(25)26)6-14(7-19)18(20)24/h5-6,8,12H,9-10H2,1-4H3/t12-/m0/s1. The van der Waals surface area contributed by atoms with Crippen LogP contribution in [-0.4, -0.2) is 33.6 Å². The molecule has 0 amide bonds. The number of nitriles is 1. The van der Waals surface area contributed by atoms with Crippen LogP contribution in [0.5, 0.6) is 0 Å². The number of ketones is 1. The van der Waals surface area contributed by atoms with Crippen LogP contribution in [0.2, 0.25) is 0 Å². The van der Waals surface area contributed by atoms with Crippen molar-refractivity contribution in [3.8, 4) is 6.07 Å². The molecule has 0 N–H and O–H groups in total. The maximum Gasteiger partial charge on any atom is 0.287 e. The topological polar surface area (TPSA) is 120 Å². The Morgan fingerprint density at radius 2 is 2.07 bits per heavy atom. The summed E-state index contributed by atoms with van der Waals surface area (Å²) < 4.78 is 8.04. The van der Waals surface area contributed by atoms with E-state index in [9.17, 15) is 19.7 Å². The molecule has 2 heterocycles. The summed E-state index contributed by atoms with van der Waals surface area (Å²) in [6.07, 6.45) is 0.980. The largest absolute Gasteiger partial charge is 0.383 e. The number of methoxy groups -OCH3 is 1. The summed E-state index contributed by atoms with van der Waals surface area (Å²) in [4.78, 5) is 35.3. The minimum absolute atomic E-state index is 0.0160. The molecule has 0 radical (unpaired) electrons. The van der Waals surface area contributed by atoms with E-state index in [0.717, 1.165) is 28.2 Å². The first-order valence-electron chi connectivity index (χ1n) is 8.20. The van der Waals surface area contributed by atoms with Gasteiger partial charge in [-0.1, -0.05) is 0 Å². The summed E-state index contributed by atoms with van der Waals surface area (Å²) in [5, 5.41) is 20.0. The van der Waals surface area contributed by atoms with Gasteiger partial charge in [-0.15, -0.1) is 0 Å². The average molecular weight is 372 g/mol. The number of Topliss-reactive ketones (excluding diaryl/α,β-unsaturated/α-hetero) is 1. The Balaban J connectivity index is 2.43. The molecule has 0 aliphatic carbocycles. The highest BCUT2D eigenvalue weighted by atomic mass is 16.6. The van der Waals surface area contributed by atoms with Crippen LogP contribution in [0.4, 0.5) is 5.69 Å². The quantitative estimate of drug-likeness (QED) is 0.417. The van der Waals surface area contributed by atoms with Crippen LogP contribution >= 0.6 is 0 Å². The fraction of sp³-hybridized carbons (Fsp3) is 0.389. The number of hydrogen-bond donors (Lipinski definition) is 0. The molecule has 2 rings (SSSR count). The number of carbonyl (C=O) groups is 1. The molecule has 0 aromatic carbocycles. The van der Waals surface area contributed by atoms with Crippen molar-refractivity contribution in [1.29, 1.82) is 5.26 Å². The molecule has 142 valence electrons. The van der Waals surface area contributed by atoms with Crippen LogP contribution in [0, 0.1) is 35.3 Å². The van der Waals surface area contributed by atoms with Crippen molar-refractivity contribution in [2.45, 2.75) is 33.4 Å². The second-order valence-corrected chi connectivity index (χ2v) is 6.30. The maximum atomic E-state index is 12.8. The number of nitro groups is 1. The molecular formula is C18H20N4O5. The molecule has 0 aliphatic heterocycles. The third-order valence-corrected chi connectivity index (χ3v) is 4.35. The molecule has 0 bridgehead atoms. The summed E-state index contributed by atoms with van der Waals surface area (Å²) in [6.45, 7) is 5.70. The number of pyridine rings is 1. The van der Waals surface area contributed by atoms with Gasteiger partial charge in [0.25, 0.3) is 11.2 Å². The van der Waals surface area contributed by atoms with Gasteiger partial charge in [0.05, 0.1) is 30.3 Å². The highest BCUT2D eigenvalue weighted by Gasteiger charge is 2.21. The van der Waals surface area contributed by atoms with Gasteiger partial charge in [0, 0.05) is 30.1 Å². The third-order valence-electron chi connectivity index (χ3n) is 4.35. The Kier molecular flexibility index (Phi) is 5.92. The summed E-state index contributed by atoms with van der Waals surface area (Å²) in [7, 11) is 1.60. The second-order valence-electron chi connectivity index (χ2n) is 6.30. The number of nitrogens with zero attached hydrogens (tertiary/aromatic N) is 4. The van der Waals surface area contributed by atoms with Gasteiger partial charge in [0.2, 0.25) is 0 Å². The third kappa shape index (κ3) is 3.96. The van der Waals surface area contributed by atoms with Crippen LogP contribution in [-0.2, 0) is 11.3 Å². The Morgan fingerprint density at radius 3 is 2.63 bits per heavy atom. The van der Waals surface area contributed by atoms with Crippen LogP contribution in [0.3, 0.4) is 0 Å². The monoisotopic (exact) mass is 372 g/mol. The molecule has 0 aliphatic rings. The van der Waals surface area contributed by atoms with Crippen molar-refractivity contribution in [2.75, 3.05) is 13.7 Å². The minimum atomic E-state index is -0.738. The number of rotatable bonds is 7. The van der Waals surface area contributed by atoms with E-state index in [2.05, 4.69) is 0 Å². The molecule has 0 unspecified atom stereocenters. The molecule has 2 aromatic heterocycles. The molecule has 0 spiro atoms.